The van der Waals surface area contributed by atoms with Crippen LogP contribution < -0.4 is 0 Å². The largest absolute Gasteiger partial charge is 0.349 e. The maximum atomic E-state index is 10.8. The lowest BCUT2D eigenvalue weighted by Crippen LogP contribution is -2.36. The second kappa shape index (κ2) is 4.88. The minimum absolute atomic E-state index is 0.0410. The Morgan fingerprint density at radius 1 is 1.47 bits per heavy atom. The zero-order valence-corrected chi connectivity index (χ0v) is 11.5. The summed E-state index contributed by atoms with van der Waals surface area (Å²) in [5.41, 5.74) is 2.20. The van der Waals surface area contributed by atoms with Crippen LogP contribution in [0.3, 0.4) is 0 Å². The third-order valence-corrected chi connectivity index (χ3v) is 3.93. The van der Waals surface area contributed by atoms with Crippen molar-refractivity contribution in [2.75, 3.05) is 14.2 Å². The fourth-order valence-corrected chi connectivity index (χ4v) is 3.02. The minimum atomic E-state index is -0.792. The summed E-state index contributed by atoms with van der Waals surface area (Å²) in [6, 6.07) is 6.06. The summed E-state index contributed by atoms with van der Waals surface area (Å²) >= 11 is 3.45. The lowest BCUT2D eigenvalue weighted by atomic mass is 9.96. The fourth-order valence-electron chi connectivity index (χ4n) is 2.66. The lowest BCUT2D eigenvalue weighted by molar-refractivity contribution is -0.242. The van der Waals surface area contributed by atoms with E-state index in [1.165, 1.54) is 5.56 Å². The molecule has 92 valence electrons. The Labute approximate surface area is 109 Å². The highest BCUT2D eigenvalue weighted by Crippen LogP contribution is 2.46. The van der Waals surface area contributed by atoms with E-state index in [-0.39, 0.29) is 5.92 Å². The molecule has 17 heavy (non-hydrogen) atoms. The molecule has 0 N–H and O–H groups in total. The number of ether oxygens (including phenoxy) is 2. The molecule has 0 bridgehead atoms. The van der Waals surface area contributed by atoms with Gasteiger partial charge in [-0.3, -0.25) is 0 Å². The first kappa shape index (κ1) is 12.7. The molecule has 0 radical (unpaired) electrons. The Kier molecular flexibility index (Phi) is 3.66. The predicted molar refractivity (Wildman–Crippen MR) is 67.7 cm³/mol. The Morgan fingerprint density at radius 3 is 2.76 bits per heavy atom. The number of benzene rings is 1. The Bertz CT molecular complexity index is 427. The molecule has 0 spiro atoms. The summed E-state index contributed by atoms with van der Waals surface area (Å²) in [5, 5.41) is 0. The van der Waals surface area contributed by atoms with Crippen molar-refractivity contribution in [3.8, 4) is 0 Å². The number of halogens is 1. The molecule has 1 unspecified atom stereocenters. The molecule has 0 aliphatic heterocycles. The highest BCUT2D eigenvalue weighted by molar-refractivity contribution is 9.10. The van der Waals surface area contributed by atoms with Gasteiger partial charge in [0, 0.05) is 36.6 Å². The van der Waals surface area contributed by atoms with Crippen molar-refractivity contribution >= 4 is 22.2 Å². The van der Waals surface area contributed by atoms with Gasteiger partial charge in [-0.2, -0.15) is 0 Å². The first-order valence-corrected chi connectivity index (χ1v) is 6.30. The summed E-state index contributed by atoms with van der Waals surface area (Å²) in [7, 11) is 3.24. The molecule has 2 rings (SSSR count). The van der Waals surface area contributed by atoms with Crippen LogP contribution in [0.1, 0.15) is 17.5 Å². The van der Waals surface area contributed by atoms with Crippen LogP contribution in [-0.4, -0.2) is 20.5 Å². The predicted octanol–water partition coefficient (Wildman–Crippen LogP) is 2.66. The molecule has 0 saturated carbocycles. The van der Waals surface area contributed by atoms with E-state index in [4.69, 9.17) is 9.47 Å². The van der Waals surface area contributed by atoms with Gasteiger partial charge in [0.15, 0.2) is 5.79 Å². The van der Waals surface area contributed by atoms with Gasteiger partial charge in [0.2, 0.25) is 0 Å². The van der Waals surface area contributed by atoms with Gasteiger partial charge in [-0.1, -0.05) is 22.0 Å². The Hall–Kier alpha value is -0.710. The van der Waals surface area contributed by atoms with Crippen molar-refractivity contribution in [1.29, 1.82) is 0 Å². The van der Waals surface area contributed by atoms with Crippen LogP contribution in [0, 0.1) is 5.92 Å². The van der Waals surface area contributed by atoms with Gasteiger partial charge >= 0.3 is 0 Å². The van der Waals surface area contributed by atoms with E-state index in [1.807, 2.05) is 12.1 Å². The standard InChI is InChI=1S/C13H15BrO3/c1-16-13(17-2)10(5-6-15)7-9-3-4-11(14)8-12(9)13/h3-4,6,8,10H,5,7H2,1-2H3. The van der Waals surface area contributed by atoms with Crippen LogP contribution in [0.25, 0.3) is 0 Å². The van der Waals surface area contributed by atoms with Crippen molar-refractivity contribution in [2.24, 2.45) is 5.92 Å². The molecule has 1 atom stereocenters. The number of rotatable bonds is 4. The molecule has 0 amide bonds. The summed E-state index contributed by atoms with van der Waals surface area (Å²) in [6.07, 6.45) is 2.18. The van der Waals surface area contributed by atoms with Crippen molar-refractivity contribution in [2.45, 2.75) is 18.6 Å². The zero-order chi connectivity index (χ0) is 12.5. The van der Waals surface area contributed by atoms with Crippen LogP contribution in [0.5, 0.6) is 0 Å². The average molecular weight is 299 g/mol. The molecule has 1 aromatic carbocycles. The van der Waals surface area contributed by atoms with Gasteiger partial charge in [-0.15, -0.1) is 0 Å². The maximum Gasteiger partial charge on any atom is 0.198 e. The van der Waals surface area contributed by atoms with Gasteiger partial charge in [0.05, 0.1) is 0 Å². The second-order valence-electron chi connectivity index (χ2n) is 4.18. The summed E-state index contributed by atoms with van der Waals surface area (Å²) in [4.78, 5) is 10.8. The van der Waals surface area contributed by atoms with Crippen molar-refractivity contribution < 1.29 is 14.3 Å². The Balaban J connectivity index is 2.51. The monoisotopic (exact) mass is 298 g/mol. The van der Waals surface area contributed by atoms with E-state index in [2.05, 4.69) is 22.0 Å². The number of aldehydes is 1. The number of carbonyl (C=O) groups is 1. The van der Waals surface area contributed by atoms with Crippen molar-refractivity contribution in [3.05, 3.63) is 33.8 Å². The van der Waals surface area contributed by atoms with Crippen LogP contribution in [0.15, 0.2) is 22.7 Å². The van der Waals surface area contributed by atoms with Crippen LogP contribution in [0.2, 0.25) is 0 Å². The van der Waals surface area contributed by atoms with Gasteiger partial charge in [-0.05, 0) is 24.1 Å². The molecular weight excluding hydrogens is 284 g/mol. The molecule has 0 saturated heterocycles. The third kappa shape index (κ3) is 1.94. The topological polar surface area (TPSA) is 35.5 Å². The van der Waals surface area contributed by atoms with Gasteiger partial charge in [0.1, 0.15) is 6.29 Å². The number of methoxy groups -OCH3 is 2. The van der Waals surface area contributed by atoms with E-state index >= 15 is 0 Å². The Morgan fingerprint density at radius 2 is 2.18 bits per heavy atom. The summed E-state index contributed by atoms with van der Waals surface area (Å²) in [5.74, 6) is -0.751. The first-order chi connectivity index (χ1) is 8.17. The molecular formula is C13H15BrO3. The molecule has 0 aromatic heterocycles. The number of fused-ring (bicyclic) bond motifs is 1. The molecule has 1 aromatic rings. The number of hydrogen-bond acceptors (Lipinski definition) is 3. The molecule has 0 heterocycles. The number of hydrogen-bond donors (Lipinski definition) is 0. The van der Waals surface area contributed by atoms with Crippen molar-refractivity contribution in [3.63, 3.8) is 0 Å². The second-order valence-corrected chi connectivity index (χ2v) is 5.10. The van der Waals surface area contributed by atoms with E-state index in [9.17, 15) is 4.79 Å². The normalized spacial score (nSPS) is 21.2. The van der Waals surface area contributed by atoms with E-state index in [0.29, 0.717) is 6.42 Å². The first-order valence-electron chi connectivity index (χ1n) is 5.50. The molecule has 1 aliphatic rings. The highest BCUT2D eigenvalue weighted by Gasteiger charge is 2.47. The number of carbonyl (C=O) groups excluding carboxylic acids is 1. The lowest BCUT2D eigenvalue weighted by Gasteiger charge is -2.32. The van der Waals surface area contributed by atoms with E-state index in [0.717, 1.165) is 22.7 Å². The van der Waals surface area contributed by atoms with Crippen LogP contribution in [0.4, 0.5) is 0 Å². The van der Waals surface area contributed by atoms with Crippen LogP contribution >= 0.6 is 15.9 Å². The molecule has 4 heteroatoms. The van der Waals surface area contributed by atoms with Gasteiger partial charge < -0.3 is 14.3 Å². The molecule has 1 aliphatic carbocycles. The molecule has 0 fully saturated rings. The fraction of sp³-hybridized carbons (Fsp3) is 0.462. The maximum absolute atomic E-state index is 10.8. The van der Waals surface area contributed by atoms with E-state index < -0.39 is 5.79 Å². The minimum Gasteiger partial charge on any atom is -0.349 e. The highest BCUT2D eigenvalue weighted by atomic mass is 79.9. The summed E-state index contributed by atoms with van der Waals surface area (Å²) in [6.45, 7) is 0. The summed E-state index contributed by atoms with van der Waals surface area (Å²) < 4.78 is 12.2. The third-order valence-electron chi connectivity index (χ3n) is 3.44. The van der Waals surface area contributed by atoms with E-state index in [1.54, 1.807) is 14.2 Å². The smallest absolute Gasteiger partial charge is 0.198 e. The van der Waals surface area contributed by atoms with Crippen molar-refractivity contribution in [1.82, 2.24) is 0 Å². The SMILES string of the molecule is COC1(OC)c2cc(Br)ccc2CC1CC=O. The quantitative estimate of drug-likeness (QED) is 0.633. The molecule has 3 nitrogen and oxygen atoms in total. The van der Waals surface area contributed by atoms with Crippen LogP contribution in [-0.2, 0) is 26.5 Å². The van der Waals surface area contributed by atoms with Gasteiger partial charge in [0.25, 0.3) is 0 Å². The van der Waals surface area contributed by atoms with Gasteiger partial charge in [-0.25, -0.2) is 0 Å². The average Bonchev–Trinajstić information content (AvgIpc) is 2.63. The zero-order valence-electron chi connectivity index (χ0n) is 9.90.